The number of hydrogen-bond donors (Lipinski definition) is 0. The van der Waals surface area contributed by atoms with Crippen LogP contribution in [0.5, 0.6) is 23.0 Å². The van der Waals surface area contributed by atoms with Gasteiger partial charge in [-0.2, -0.15) is 0 Å². The number of benzene rings is 2. The van der Waals surface area contributed by atoms with Crippen molar-refractivity contribution in [3.8, 4) is 23.0 Å². The standard InChI is InChI=1S/C27H32N2O6/c1-5-35-22-9-7-6-8-21(22)29-17-19(14-25(29)30)27(31)28-12-10-18(11-13-28)26-23(33-3)15-20(32-2)16-24(26)34-4/h6-10,15-16,19H,5,11-14,17H2,1-4H3. The zero-order chi connectivity index (χ0) is 24.9. The predicted molar refractivity (Wildman–Crippen MR) is 133 cm³/mol. The van der Waals surface area contributed by atoms with Gasteiger partial charge in [0.15, 0.2) is 0 Å². The summed E-state index contributed by atoms with van der Waals surface area (Å²) in [6, 6.07) is 11.1. The molecule has 186 valence electrons. The Hall–Kier alpha value is -3.68. The second kappa shape index (κ2) is 10.7. The number of anilines is 1. The lowest BCUT2D eigenvalue weighted by Gasteiger charge is -2.30. The maximum absolute atomic E-state index is 13.3. The Labute approximate surface area is 206 Å². The van der Waals surface area contributed by atoms with E-state index < -0.39 is 0 Å². The number of amides is 2. The molecule has 2 aromatic rings. The SMILES string of the molecule is CCOc1ccccc1N1CC(C(=O)N2CC=C(c3c(OC)cc(OC)cc3OC)CC2)CC1=O. The summed E-state index contributed by atoms with van der Waals surface area (Å²) < 4.78 is 22.2. The van der Waals surface area contributed by atoms with E-state index >= 15 is 0 Å². The van der Waals surface area contributed by atoms with Gasteiger partial charge in [0, 0.05) is 38.2 Å². The molecule has 2 heterocycles. The first-order chi connectivity index (χ1) is 17.0. The minimum atomic E-state index is -0.378. The van der Waals surface area contributed by atoms with Crippen molar-refractivity contribution in [3.63, 3.8) is 0 Å². The smallest absolute Gasteiger partial charge is 0.228 e. The van der Waals surface area contributed by atoms with Crippen LogP contribution >= 0.6 is 0 Å². The van der Waals surface area contributed by atoms with Crippen LogP contribution in [0.25, 0.3) is 5.57 Å². The van der Waals surface area contributed by atoms with Gasteiger partial charge in [-0.05, 0) is 31.1 Å². The zero-order valence-electron chi connectivity index (χ0n) is 20.7. The topological polar surface area (TPSA) is 77.5 Å². The first-order valence-electron chi connectivity index (χ1n) is 11.8. The predicted octanol–water partition coefficient (Wildman–Crippen LogP) is 3.78. The molecule has 0 aliphatic carbocycles. The van der Waals surface area contributed by atoms with Gasteiger partial charge in [-0.15, -0.1) is 0 Å². The molecular formula is C27H32N2O6. The van der Waals surface area contributed by atoms with E-state index in [4.69, 9.17) is 18.9 Å². The Morgan fingerprint density at radius 2 is 1.74 bits per heavy atom. The molecule has 1 fully saturated rings. The van der Waals surface area contributed by atoms with Crippen LogP contribution in [0.15, 0.2) is 42.5 Å². The maximum atomic E-state index is 13.3. The summed E-state index contributed by atoms with van der Waals surface area (Å²) in [6.07, 6.45) is 2.89. The number of ether oxygens (including phenoxy) is 4. The fourth-order valence-electron chi connectivity index (χ4n) is 4.74. The molecule has 1 atom stereocenters. The third-order valence-corrected chi connectivity index (χ3v) is 6.49. The van der Waals surface area contributed by atoms with Crippen LogP contribution < -0.4 is 23.8 Å². The largest absolute Gasteiger partial charge is 0.496 e. The molecule has 0 bridgehead atoms. The van der Waals surface area contributed by atoms with E-state index in [0.29, 0.717) is 61.3 Å². The second-order valence-corrected chi connectivity index (χ2v) is 8.48. The number of methoxy groups -OCH3 is 3. The zero-order valence-corrected chi connectivity index (χ0v) is 20.7. The molecule has 35 heavy (non-hydrogen) atoms. The third kappa shape index (κ3) is 4.92. The Kier molecular flexibility index (Phi) is 7.48. The van der Waals surface area contributed by atoms with Gasteiger partial charge in [0.1, 0.15) is 23.0 Å². The van der Waals surface area contributed by atoms with Crippen molar-refractivity contribution < 1.29 is 28.5 Å². The van der Waals surface area contributed by atoms with Gasteiger partial charge in [-0.25, -0.2) is 0 Å². The van der Waals surface area contributed by atoms with Gasteiger partial charge >= 0.3 is 0 Å². The molecule has 1 unspecified atom stereocenters. The van der Waals surface area contributed by atoms with Gasteiger partial charge < -0.3 is 28.7 Å². The molecule has 8 nitrogen and oxygen atoms in total. The van der Waals surface area contributed by atoms with Crippen LogP contribution in [0.4, 0.5) is 5.69 Å². The fourth-order valence-corrected chi connectivity index (χ4v) is 4.74. The molecule has 0 N–H and O–H groups in total. The summed E-state index contributed by atoms with van der Waals surface area (Å²) in [5, 5.41) is 0. The molecule has 1 saturated heterocycles. The van der Waals surface area contributed by atoms with Gasteiger partial charge in [0.2, 0.25) is 11.8 Å². The number of carbonyl (C=O) groups is 2. The lowest BCUT2D eigenvalue weighted by molar-refractivity contribution is -0.135. The van der Waals surface area contributed by atoms with Gasteiger partial charge in [-0.3, -0.25) is 9.59 Å². The summed E-state index contributed by atoms with van der Waals surface area (Å²) in [5.74, 6) is 2.20. The number of hydrogen-bond acceptors (Lipinski definition) is 6. The molecule has 4 rings (SSSR count). The first-order valence-corrected chi connectivity index (χ1v) is 11.8. The molecule has 2 amide bonds. The molecule has 2 aromatic carbocycles. The Bertz CT molecular complexity index is 1100. The molecule has 0 radical (unpaired) electrons. The van der Waals surface area contributed by atoms with E-state index in [1.807, 2.05) is 54.3 Å². The van der Waals surface area contributed by atoms with Gasteiger partial charge in [-0.1, -0.05) is 18.2 Å². The van der Waals surface area contributed by atoms with Crippen LogP contribution in [-0.4, -0.2) is 64.3 Å². The van der Waals surface area contributed by atoms with Crippen LogP contribution in [0.2, 0.25) is 0 Å². The highest BCUT2D eigenvalue weighted by Crippen LogP contribution is 2.41. The maximum Gasteiger partial charge on any atom is 0.228 e. The highest BCUT2D eigenvalue weighted by atomic mass is 16.5. The van der Waals surface area contributed by atoms with Gasteiger partial charge in [0.05, 0.1) is 45.1 Å². The van der Waals surface area contributed by atoms with Crippen LogP contribution in [0.3, 0.4) is 0 Å². The lowest BCUT2D eigenvalue weighted by Crippen LogP contribution is -2.40. The third-order valence-electron chi connectivity index (χ3n) is 6.49. The Balaban J connectivity index is 1.49. The molecule has 0 aromatic heterocycles. The van der Waals surface area contributed by atoms with E-state index in [1.54, 1.807) is 26.2 Å². The first kappa shape index (κ1) is 24.4. The second-order valence-electron chi connectivity index (χ2n) is 8.48. The molecule has 0 spiro atoms. The van der Waals surface area contributed by atoms with Crippen molar-refractivity contribution in [3.05, 3.63) is 48.0 Å². The summed E-state index contributed by atoms with van der Waals surface area (Å²) in [4.78, 5) is 29.6. The van der Waals surface area contributed by atoms with Crippen LogP contribution in [0.1, 0.15) is 25.3 Å². The Morgan fingerprint density at radius 1 is 1.03 bits per heavy atom. The fraction of sp³-hybridized carbons (Fsp3) is 0.407. The summed E-state index contributed by atoms with van der Waals surface area (Å²) in [5.41, 5.74) is 2.65. The van der Waals surface area contributed by atoms with Crippen molar-refractivity contribution in [2.45, 2.75) is 19.8 Å². The van der Waals surface area contributed by atoms with Crippen molar-refractivity contribution in [1.82, 2.24) is 4.90 Å². The van der Waals surface area contributed by atoms with Crippen LogP contribution in [0, 0.1) is 5.92 Å². The number of carbonyl (C=O) groups excluding carboxylic acids is 2. The van der Waals surface area contributed by atoms with Crippen molar-refractivity contribution in [2.24, 2.45) is 5.92 Å². The van der Waals surface area contributed by atoms with Crippen LogP contribution in [-0.2, 0) is 9.59 Å². The van der Waals surface area contributed by atoms with Crippen molar-refractivity contribution in [2.75, 3.05) is 52.5 Å². The average Bonchev–Trinajstić information content (AvgIpc) is 3.29. The van der Waals surface area contributed by atoms with E-state index in [9.17, 15) is 9.59 Å². The molecule has 0 saturated carbocycles. The minimum absolute atomic E-state index is 0.00120. The highest BCUT2D eigenvalue weighted by Gasteiger charge is 2.38. The summed E-state index contributed by atoms with van der Waals surface area (Å²) in [6.45, 7) is 3.79. The van der Waals surface area contributed by atoms with Crippen molar-refractivity contribution >= 4 is 23.1 Å². The monoisotopic (exact) mass is 480 g/mol. The number of nitrogens with zero attached hydrogens (tertiary/aromatic N) is 2. The highest BCUT2D eigenvalue weighted by molar-refractivity contribution is 6.01. The Morgan fingerprint density at radius 3 is 2.34 bits per heavy atom. The average molecular weight is 481 g/mol. The molecule has 2 aliphatic rings. The van der Waals surface area contributed by atoms with E-state index in [1.165, 1.54) is 0 Å². The molecule has 2 aliphatic heterocycles. The number of para-hydroxylation sites is 2. The summed E-state index contributed by atoms with van der Waals surface area (Å²) >= 11 is 0. The van der Waals surface area contributed by atoms with Crippen molar-refractivity contribution in [1.29, 1.82) is 0 Å². The normalized spacial score (nSPS) is 17.8. The number of rotatable bonds is 8. The summed E-state index contributed by atoms with van der Waals surface area (Å²) in [7, 11) is 4.83. The quantitative estimate of drug-likeness (QED) is 0.572. The van der Waals surface area contributed by atoms with E-state index in [2.05, 4.69) is 0 Å². The van der Waals surface area contributed by atoms with E-state index in [0.717, 1.165) is 11.1 Å². The minimum Gasteiger partial charge on any atom is -0.496 e. The van der Waals surface area contributed by atoms with Gasteiger partial charge in [0.25, 0.3) is 0 Å². The lowest BCUT2D eigenvalue weighted by atomic mass is 9.96. The molecular weight excluding hydrogens is 448 g/mol. The molecule has 8 heteroatoms. The van der Waals surface area contributed by atoms with E-state index in [-0.39, 0.29) is 24.2 Å².